The van der Waals surface area contributed by atoms with Crippen molar-refractivity contribution in [2.75, 3.05) is 5.32 Å². The molecule has 0 spiro atoms. The maximum absolute atomic E-state index is 12.3. The van der Waals surface area contributed by atoms with Crippen LogP contribution in [0.1, 0.15) is 12.5 Å². The van der Waals surface area contributed by atoms with Crippen LogP contribution in [0.3, 0.4) is 0 Å². The molecule has 0 aliphatic rings. The van der Waals surface area contributed by atoms with Crippen molar-refractivity contribution in [2.45, 2.75) is 24.3 Å². The number of thioether (sulfide) groups is 1. The fourth-order valence-electron chi connectivity index (χ4n) is 1.99. The lowest BCUT2D eigenvalue weighted by Crippen LogP contribution is -2.24. The largest absolute Gasteiger partial charge is 0.294 e. The smallest absolute Gasteiger partial charge is 0.240 e. The Balaban J connectivity index is 1.74. The highest BCUT2D eigenvalue weighted by molar-refractivity contribution is 8.00. The SMILES string of the molecule is Cc1ccccc1-n1nnnc1S[C@H](C)C(=O)Nc1ncccn1. The summed E-state index contributed by atoms with van der Waals surface area (Å²) in [5.41, 5.74) is 1.92. The van der Waals surface area contributed by atoms with Crippen molar-refractivity contribution in [3.63, 3.8) is 0 Å². The van der Waals surface area contributed by atoms with Crippen molar-refractivity contribution in [2.24, 2.45) is 0 Å². The third-order valence-electron chi connectivity index (χ3n) is 3.24. The lowest BCUT2D eigenvalue weighted by atomic mass is 10.2. The van der Waals surface area contributed by atoms with Gasteiger partial charge in [0.25, 0.3) is 0 Å². The van der Waals surface area contributed by atoms with Crippen LogP contribution < -0.4 is 5.32 Å². The quantitative estimate of drug-likeness (QED) is 0.707. The van der Waals surface area contributed by atoms with Gasteiger partial charge in [0.1, 0.15) is 0 Å². The van der Waals surface area contributed by atoms with Crippen LogP contribution in [0.25, 0.3) is 5.69 Å². The van der Waals surface area contributed by atoms with Gasteiger partial charge in [-0.1, -0.05) is 30.0 Å². The van der Waals surface area contributed by atoms with E-state index in [0.717, 1.165) is 11.3 Å². The molecule has 0 unspecified atom stereocenters. The molecule has 0 bridgehead atoms. The Morgan fingerprint density at radius 2 is 1.96 bits per heavy atom. The van der Waals surface area contributed by atoms with Gasteiger partial charge in [-0.25, -0.2) is 9.97 Å². The summed E-state index contributed by atoms with van der Waals surface area (Å²) < 4.78 is 1.63. The topological polar surface area (TPSA) is 98.5 Å². The number of carbonyl (C=O) groups is 1. The molecule has 1 atom stereocenters. The molecule has 0 radical (unpaired) electrons. The molecule has 1 N–H and O–H groups in total. The second-order valence-electron chi connectivity index (χ2n) is 4.98. The third-order valence-corrected chi connectivity index (χ3v) is 4.27. The van der Waals surface area contributed by atoms with Crippen LogP contribution in [0.2, 0.25) is 0 Å². The molecule has 24 heavy (non-hydrogen) atoms. The van der Waals surface area contributed by atoms with Crippen molar-refractivity contribution in [3.05, 3.63) is 48.3 Å². The van der Waals surface area contributed by atoms with Crippen molar-refractivity contribution in [3.8, 4) is 5.69 Å². The molecule has 1 amide bonds. The van der Waals surface area contributed by atoms with E-state index in [1.807, 2.05) is 31.2 Å². The zero-order valence-corrected chi connectivity index (χ0v) is 13.9. The fraction of sp³-hybridized carbons (Fsp3) is 0.200. The number of para-hydroxylation sites is 1. The van der Waals surface area contributed by atoms with Gasteiger partial charge < -0.3 is 0 Å². The summed E-state index contributed by atoms with van der Waals surface area (Å²) in [6.45, 7) is 3.76. The summed E-state index contributed by atoms with van der Waals surface area (Å²) in [7, 11) is 0. The van der Waals surface area contributed by atoms with Gasteiger partial charge in [0.15, 0.2) is 0 Å². The minimum atomic E-state index is -0.414. The highest BCUT2D eigenvalue weighted by Gasteiger charge is 2.20. The Morgan fingerprint density at radius 3 is 2.71 bits per heavy atom. The van der Waals surface area contributed by atoms with Crippen LogP contribution in [0.15, 0.2) is 47.9 Å². The number of nitrogens with one attached hydrogen (secondary N) is 1. The summed E-state index contributed by atoms with van der Waals surface area (Å²) in [4.78, 5) is 20.2. The van der Waals surface area contributed by atoms with E-state index in [1.165, 1.54) is 11.8 Å². The highest BCUT2D eigenvalue weighted by Crippen LogP contribution is 2.24. The molecule has 0 aliphatic carbocycles. The van der Waals surface area contributed by atoms with Crippen LogP contribution in [0, 0.1) is 6.92 Å². The van der Waals surface area contributed by atoms with E-state index in [4.69, 9.17) is 0 Å². The molecule has 0 fully saturated rings. The Bertz CT molecular complexity index is 837. The molecular formula is C15H15N7OS. The first-order chi connectivity index (χ1) is 11.6. The van der Waals surface area contributed by atoms with E-state index in [1.54, 1.807) is 30.1 Å². The predicted molar refractivity (Wildman–Crippen MR) is 89.9 cm³/mol. The molecule has 0 saturated heterocycles. The number of hydrogen-bond acceptors (Lipinski definition) is 7. The molecule has 2 aromatic heterocycles. The van der Waals surface area contributed by atoms with E-state index in [2.05, 4.69) is 30.8 Å². The fourth-order valence-corrected chi connectivity index (χ4v) is 2.79. The molecule has 0 saturated carbocycles. The first-order valence-electron chi connectivity index (χ1n) is 7.24. The molecule has 8 nitrogen and oxygen atoms in total. The molecule has 122 valence electrons. The number of nitrogens with zero attached hydrogens (tertiary/aromatic N) is 6. The summed E-state index contributed by atoms with van der Waals surface area (Å²) in [5, 5.41) is 14.6. The van der Waals surface area contributed by atoms with E-state index < -0.39 is 5.25 Å². The third kappa shape index (κ3) is 3.57. The molecule has 1 aromatic carbocycles. The van der Waals surface area contributed by atoms with Crippen molar-refractivity contribution >= 4 is 23.6 Å². The highest BCUT2D eigenvalue weighted by atomic mass is 32.2. The van der Waals surface area contributed by atoms with Gasteiger partial charge in [0.2, 0.25) is 17.0 Å². The van der Waals surface area contributed by atoms with E-state index in [0.29, 0.717) is 5.16 Å². The van der Waals surface area contributed by atoms with Gasteiger partial charge in [-0.05, 0) is 42.0 Å². The number of anilines is 1. The Labute approximate surface area is 142 Å². The Kier molecular flexibility index (Phi) is 4.80. The number of amides is 1. The molecule has 9 heteroatoms. The predicted octanol–water partition coefficient (Wildman–Crippen LogP) is 1.88. The summed E-state index contributed by atoms with van der Waals surface area (Å²) in [5.74, 6) is 0.0546. The molecule has 2 heterocycles. The average molecular weight is 341 g/mol. The summed E-state index contributed by atoms with van der Waals surface area (Å²) >= 11 is 1.27. The first-order valence-corrected chi connectivity index (χ1v) is 8.12. The number of hydrogen-bond donors (Lipinski definition) is 1. The number of benzene rings is 1. The minimum absolute atomic E-state index is 0.217. The zero-order valence-electron chi connectivity index (χ0n) is 13.1. The van der Waals surface area contributed by atoms with Crippen molar-refractivity contribution < 1.29 is 4.79 Å². The average Bonchev–Trinajstić information content (AvgIpc) is 3.04. The van der Waals surface area contributed by atoms with Crippen molar-refractivity contribution in [1.29, 1.82) is 0 Å². The molecular weight excluding hydrogens is 326 g/mol. The van der Waals surface area contributed by atoms with Gasteiger partial charge in [-0.2, -0.15) is 4.68 Å². The van der Waals surface area contributed by atoms with E-state index in [9.17, 15) is 4.79 Å². The normalized spacial score (nSPS) is 11.9. The molecule has 0 aliphatic heterocycles. The number of carbonyl (C=O) groups excluding carboxylic acids is 1. The van der Waals surface area contributed by atoms with Crippen LogP contribution >= 0.6 is 11.8 Å². The van der Waals surface area contributed by atoms with Gasteiger partial charge in [0, 0.05) is 12.4 Å². The Morgan fingerprint density at radius 1 is 1.21 bits per heavy atom. The monoisotopic (exact) mass is 341 g/mol. The second-order valence-corrected chi connectivity index (χ2v) is 6.29. The van der Waals surface area contributed by atoms with Gasteiger partial charge >= 0.3 is 0 Å². The summed E-state index contributed by atoms with van der Waals surface area (Å²) in [6.07, 6.45) is 3.14. The van der Waals surface area contributed by atoms with Crippen LogP contribution in [-0.4, -0.2) is 41.3 Å². The first kappa shape index (κ1) is 16.1. The second kappa shape index (κ2) is 7.18. The van der Waals surface area contributed by atoms with Gasteiger partial charge in [-0.3, -0.25) is 10.1 Å². The molecule has 3 aromatic rings. The lowest BCUT2D eigenvalue weighted by Gasteiger charge is -2.11. The van der Waals surface area contributed by atoms with Gasteiger partial charge in [-0.15, -0.1) is 5.10 Å². The number of tetrazole rings is 1. The minimum Gasteiger partial charge on any atom is -0.294 e. The number of rotatable bonds is 5. The number of aromatic nitrogens is 6. The lowest BCUT2D eigenvalue weighted by molar-refractivity contribution is -0.115. The van der Waals surface area contributed by atoms with E-state index in [-0.39, 0.29) is 11.9 Å². The zero-order chi connectivity index (χ0) is 16.9. The maximum atomic E-state index is 12.3. The number of aryl methyl sites for hydroxylation is 1. The van der Waals surface area contributed by atoms with Crippen LogP contribution in [-0.2, 0) is 4.79 Å². The molecule has 3 rings (SSSR count). The summed E-state index contributed by atoms with van der Waals surface area (Å²) in [6, 6.07) is 9.46. The maximum Gasteiger partial charge on any atom is 0.240 e. The van der Waals surface area contributed by atoms with Crippen LogP contribution in [0.4, 0.5) is 5.95 Å². The Hall–Kier alpha value is -2.81. The van der Waals surface area contributed by atoms with Crippen LogP contribution in [0.5, 0.6) is 0 Å². The van der Waals surface area contributed by atoms with E-state index >= 15 is 0 Å². The standard InChI is InChI=1S/C15H15N7OS/c1-10-6-3-4-7-12(10)22-15(19-20-21-22)24-11(2)13(23)18-14-16-8-5-9-17-14/h3-9,11H,1-2H3,(H,16,17,18,23)/t11-/m1/s1. The van der Waals surface area contributed by atoms with Crippen molar-refractivity contribution in [1.82, 2.24) is 30.2 Å². The van der Waals surface area contributed by atoms with Gasteiger partial charge in [0.05, 0.1) is 10.9 Å².